The molecule has 18 atom stereocenters. The standard InChI is InChI=1S/C54H98O4.2ClH.Zr/c1-11-35(5)41-21-23-49(47(31-41)43-17-15-19-45(53(43)55)51-37(7)27-33(3)28-38(51)8)57-25-13-14-26-58-50-24-22-42(36(6)12-2)32-48(50)44-18-16-20-46(54(44)56)52-39(9)29-34(4)30-40(52)10;;;/h33-56H,11-32H2,1-10H3;2*1H;/q;;;+2/p-2/t33?,34?,35?,36?,37?,38?,39?,40?,41?,42?,43?,44?,45-,46?,47?,48?,49?,50?,51?,52?,53?,54?;;;/m0.../s1. The Hall–Kier alpha value is 1.30. The van der Waals surface area contributed by atoms with E-state index in [0.29, 0.717) is 59.6 Å². The second kappa shape index (κ2) is 26.2. The Labute approximate surface area is 396 Å². The average Bonchev–Trinajstić information content (AvgIpc) is 3.22. The van der Waals surface area contributed by atoms with Crippen molar-refractivity contribution < 1.29 is 40.5 Å². The zero-order chi connectivity index (χ0) is 44.4. The fraction of sp³-hybridized carbons (Fsp3) is 1.00. The van der Waals surface area contributed by atoms with E-state index >= 15 is 0 Å². The summed E-state index contributed by atoms with van der Waals surface area (Å²) in [5.41, 5.74) is 0. The van der Waals surface area contributed by atoms with Crippen molar-refractivity contribution in [3.63, 3.8) is 0 Å². The van der Waals surface area contributed by atoms with Crippen LogP contribution in [-0.2, 0) is 30.3 Å². The third kappa shape index (κ3) is 14.0. The number of rotatable bonds is 15. The molecule has 356 valence electrons. The Kier molecular flexibility index (Phi) is 22.8. The van der Waals surface area contributed by atoms with Crippen molar-refractivity contribution in [2.24, 2.45) is 107 Å². The third-order valence-electron chi connectivity index (χ3n) is 19.6. The van der Waals surface area contributed by atoms with E-state index in [1.807, 2.05) is 0 Å². The van der Waals surface area contributed by atoms with E-state index < -0.39 is 20.8 Å². The first kappa shape index (κ1) is 53.3. The van der Waals surface area contributed by atoms with E-state index in [4.69, 9.17) is 26.5 Å². The summed E-state index contributed by atoms with van der Waals surface area (Å²) in [4.78, 5) is 0. The van der Waals surface area contributed by atoms with Crippen molar-refractivity contribution in [2.45, 2.75) is 222 Å². The van der Waals surface area contributed by atoms with Crippen molar-refractivity contribution in [2.75, 3.05) is 13.2 Å². The molecule has 2 N–H and O–H groups in total. The summed E-state index contributed by atoms with van der Waals surface area (Å²) in [6.07, 6.45) is 25.0. The van der Waals surface area contributed by atoms with Gasteiger partial charge in [-0.25, -0.2) is 0 Å². The van der Waals surface area contributed by atoms with Gasteiger partial charge in [0.15, 0.2) is 0 Å². The van der Waals surface area contributed by atoms with E-state index in [2.05, 4.69) is 69.2 Å². The molecule has 0 spiro atoms. The van der Waals surface area contributed by atoms with Crippen molar-refractivity contribution in [1.29, 1.82) is 0 Å². The molecule has 0 amide bonds. The molecule has 0 aromatic heterocycles. The van der Waals surface area contributed by atoms with Crippen LogP contribution in [0, 0.1) is 107 Å². The summed E-state index contributed by atoms with van der Waals surface area (Å²) < 4.78 is 13.9. The number of halogens is 2. The zero-order valence-corrected chi connectivity index (χ0v) is 45.2. The van der Waals surface area contributed by atoms with Gasteiger partial charge in [0.1, 0.15) is 0 Å². The van der Waals surface area contributed by atoms with Crippen LogP contribution >= 0.6 is 17.0 Å². The van der Waals surface area contributed by atoms with Gasteiger partial charge in [-0.05, 0) is 209 Å². The minimum atomic E-state index is -0.826. The molecule has 6 rings (SSSR count). The molecule has 0 aliphatic heterocycles. The number of hydrogen-bond acceptors (Lipinski definition) is 4. The Morgan fingerprint density at radius 1 is 0.492 bits per heavy atom. The molecule has 17 unspecified atom stereocenters. The SMILES string of the molecule is CCC(C)C1CCC(OCCCCOC2CCC(C(C)CC)CC2C2CCC[C@@H](C3C(C)CC(C)CC3C)C2O)C(C2CCCC(C3C(C)CC(C)CC3C)C2O)C1.[Cl][Zr][Cl]. The average molecular weight is 974 g/mol. The summed E-state index contributed by atoms with van der Waals surface area (Å²) in [6, 6.07) is 0. The Bertz CT molecular complexity index is 1110. The van der Waals surface area contributed by atoms with Crippen LogP contribution in [0.5, 0.6) is 0 Å². The molecule has 0 saturated heterocycles. The number of aliphatic hydroxyl groups is 2. The molecule has 0 heterocycles. The predicted octanol–water partition coefficient (Wildman–Crippen LogP) is 15.0. The molecule has 7 heteroatoms. The first-order valence-electron chi connectivity index (χ1n) is 26.8. The van der Waals surface area contributed by atoms with Crippen LogP contribution in [-0.4, -0.2) is 47.8 Å². The molecule has 0 bridgehead atoms. The second-order valence-corrected chi connectivity index (χ2v) is 27.3. The molecule has 6 fully saturated rings. The Morgan fingerprint density at radius 2 is 0.820 bits per heavy atom. The molecular formula is C54H98Cl2O4Zr. The molecule has 0 radical (unpaired) electrons. The van der Waals surface area contributed by atoms with Gasteiger partial charge < -0.3 is 19.7 Å². The van der Waals surface area contributed by atoms with E-state index in [-0.39, 0.29) is 12.2 Å². The van der Waals surface area contributed by atoms with Crippen LogP contribution in [0.1, 0.15) is 198 Å². The van der Waals surface area contributed by atoms with Crippen LogP contribution in [0.15, 0.2) is 0 Å². The first-order chi connectivity index (χ1) is 29.2. The molecule has 6 aliphatic carbocycles. The van der Waals surface area contributed by atoms with Crippen LogP contribution in [0.3, 0.4) is 0 Å². The van der Waals surface area contributed by atoms with Crippen molar-refractivity contribution >= 4 is 17.0 Å². The number of ether oxygens (including phenoxy) is 2. The summed E-state index contributed by atoms with van der Waals surface area (Å²) >= 11 is -0.826. The van der Waals surface area contributed by atoms with E-state index in [1.54, 1.807) is 0 Å². The number of unbranched alkanes of at least 4 members (excludes halogenated alkanes) is 1. The van der Waals surface area contributed by atoms with Gasteiger partial charge in [-0.15, -0.1) is 0 Å². The molecule has 61 heavy (non-hydrogen) atoms. The van der Waals surface area contributed by atoms with Crippen molar-refractivity contribution in [1.82, 2.24) is 0 Å². The third-order valence-corrected chi connectivity index (χ3v) is 19.6. The first-order valence-corrected chi connectivity index (χ1v) is 33.1. The molecule has 0 aromatic rings. The maximum absolute atomic E-state index is 12.3. The van der Waals surface area contributed by atoms with Gasteiger partial charge in [-0.1, -0.05) is 94.9 Å². The number of hydrogen-bond donors (Lipinski definition) is 2. The van der Waals surface area contributed by atoms with Gasteiger partial charge >= 0.3 is 37.9 Å². The Balaban J connectivity index is 0.00000228. The van der Waals surface area contributed by atoms with Gasteiger partial charge in [0, 0.05) is 13.2 Å². The second-order valence-electron chi connectivity index (χ2n) is 23.6. The topological polar surface area (TPSA) is 58.9 Å². The van der Waals surface area contributed by atoms with Crippen LogP contribution < -0.4 is 0 Å². The van der Waals surface area contributed by atoms with Crippen LogP contribution in [0.4, 0.5) is 0 Å². The van der Waals surface area contributed by atoms with E-state index in [1.165, 1.54) is 116 Å². The zero-order valence-electron chi connectivity index (χ0n) is 41.2. The molecule has 4 nitrogen and oxygen atoms in total. The van der Waals surface area contributed by atoms with E-state index in [0.717, 1.165) is 85.2 Å². The predicted molar refractivity (Wildman–Crippen MR) is 255 cm³/mol. The van der Waals surface area contributed by atoms with Crippen molar-refractivity contribution in [3.05, 3.63) is 0 Å². The van der Waals surface area contributed by atoms with Crippen LogP contribution in [0.2, 0.25) is 0 Å². The molecule has 6 saturated carbocycles. The normalized spacial score (nSPS) is 45.9. The molecular weight excluding hydrogens is 875 g/mol. The fourth-order valence-corrected chi connectivity index (χ4v) is 16.6. The van der Waals surface area contributed by atoms with Gasteiger partial charge in [0.2, 0.25) is 0 Å². The van der Waals surface area contributed by atoms with Gasteiger partial charge in [0.05, 0.1) is 24.4 Å². The summed E-state index contributed by atoms with van der Waals surface area (Å²) in [6.45, 7) is 26.2. The minimum absolute atomic E-state index is 0.170. The van der Waals surface area contributed by atoms with E-state index in [9.17, 15) is 10.2 Å². The monoisotopic (exact) mass is 971 g/mol. The Morgan fingerprint density at radius 3 is 1.15 bits per heavy atom. The summed E-state index contributed by atoms with van der Waals surface area (Å²) in [5, 5.41) is 24.6. The molecule has 0 aromatic carbocycles. The quantitative estimate of drug-likeness (QED) is 0.161. The van der Waals surface area contributed by atoms with Crippen molar-refractivity contribution in [3.8, 4) is 0 Å². The van der Waals surface area contributed by atoms with Gasteiger partial charge in [0.25, 0.3) is 0 Å². The summed E-state index contributed by atoms with van der Waals surface area (Å²) in [5.74, 6) is 11.6. The maximum atomic E-state index is 12.3. The molecule has 6 aliphatic rings. The number of aliphatic hydroxyl groups excluding tert-OH is 2. The van der Waals surface area contributed by atoms with Gasteiger partial charge in [-0.3, -0.25) is 0 Å². The van der Waals surface area contributed by atoms with Crippen LogP contribution in [0.25, 0.3) is 0 Å². The summed E-state index contributed by atoms with van der Waals surface area (Å²) in [7, 11) is 9.87. The van der Waals surface area contributed by atoms with Gasteiger partial charge in [-0.2, -0.15) is 0 Å². The fourth-order valence-electron chi connectivity index (χ4n) is 16.6.